The Morgan fingerprint density at radius 3 is 2.57 bits per heavy atom. The minimum absolute atomic E-state index is 0.139. The van der Waals surface area contributed by atoms with E-state index in [-0.39, 0.29) is 6.04 Å². The van der Waals surface area contributed by atoms with Crippen LogP contribution in [0.2, 0.25) is 0 Å². The number of rotatable bonds is 5. The fourth-order valence-electron chi connectivity index (χ4n) is 2.28. The molecule has 110 valence electrons. The SMILES string of the molecule is Cc1ccc(-c2[nH]ncc2CNC(C)c2ccc(C)o2)o1. The van der Waals surface area contributed by atoms with Crippen LogP contribution in [0.5, 0.6) is 0 Å². The Hall–Kier alpha value is -2.27. The second-order valence-corrected chi connectivity index (χ2v) is 5.23. The molecule has 1 atom stereocenters. The quantitative estimate of drug-likeness (QED) is 0.749. The highest BCUT2D eigenvalue weighted by Gasteiger charge is 2.14. The normalized spacial score (nSPS) is 12.7. The molecule has 0 aliphatic rings. The van der Waals surface area contributed by atoms with Gasteiger partial charge in [-0.3, -0.25) is 5.10 Å². The molecule has 0 aliphatic heterocycles. The third kappa shape index (κ3) is 2.92. The third-order valence-electron chi connectivity index (χ3n) is 3.49. The molecular formula is C16H19N3O2. The molecule has 0 spiro atoms. The lowest BCUT2D eigenvalue weighted by molar-refractivity contribution is 0.416. The number of hydrogen-bond donors (Lipinski definition) is 2. The van der Waals surface area contributed by atoms with E-state index >= 15 is 0 Å². The molecule has 0 bridgehead atoms. The maximum atomic E-state index is 5.65. The molecule has 3 aromatic heterocycles. The van der Waals surface area contributed by atoms with Gasteiger partial charge in [0.2, 0.25) is 0 Å². The summed E-state index contributed by atoms with van der Waals surface area (Å²) < 4.78 is 11.3. The lowest BCUT2D eigenvalue weighted by atomic mass is 10.2. The van der Waals surface area contributed by atoms with Crippen LogP contribution in [0.4, 0.5) is 0 Å². The van der Waals surface area contributed by atoms with E-state index in [2.05, 4.69) is 22.4 Å². The molecule has 3 rings (SSSR count). The number of aromatic nitrogens is 2. The van der Waals surface area contributed by atoms with Crippen LogP contribution in [0.1, 0.15) is 35.8 Å². The number of aryl methyl sites for hydroxylation is 2. The van der Waals surface area contributed by atoms with E-state index in [1.807, 2.05) is 44.3 Å². The molecule has 2 N–H and O–H groups in total. The smallest absolute Gasteiger partial charge is 0.152 e. The zero-order chi connectivity index (χ0) is 14.8. The van der Waals surface area contributed by atoms with Crippen molar-refractivity contribution in [1.29, 1.82) is 0 Å². The van der Waals surface area contributed by atoms with Crippen LogP contribution in [-0.4, -0.2) is 10.2 Å². The Morgan fingerprint density at radius 2 is 1.90 bits per heavy atom. The zero-order valence-corrected chi connectivity index (χ0v) is 12.4. The monoisotopic (exact) mass is 285 g/mol. The van der Waals surface area contributed by atoms with Crippen molar-refractivity contribution < 1.29 is 8.83 Å². The van der Waals surface area contributed by atoms with Gasteiger partial charge in [0.25, 0.3) is 0 Å². The van der Waals surface area contributed by atoms with Crippen LogP contribution in [-0.2, 0) is 6.54 Å². The molecule has 0 radical (unpaired) electrons. The molecular weight excluding hydrogens is 266 g/mol. The minimum Gasteiger partial charge on any atom is -0.465 e. The predicted octanol–water partition coefficient (Wildman–Crippen LogP) is 3.73. The molecule has 0 aliphatic carbocycles. The van der Waals surface area contributed by atoms with Crippen LogP contribution in [0.25, 0.3) is 11.5 Å². The molecule has 3 heterocycles. The van der Waals surface area contributed by atoms with Gasteiger partial charge in [-0.15, -0.1) is 0 Å². The van der Waals surface area contributed by atoms with E-state index in [4.69, 9.17) is 8.83 Å². The average molecular weight is 285 g/mol. The van der Waals surface area contributed by atoms with Gasteiger partial charge in [-0.2, -0.15) is 5.10 Å². The minimum atomic E-state index is 0.139. The maximum Gasteiger partial charge on any atom is 0.152 e. The van der Waals surface area contributed by atoms with Crippen molar-refractivity contribution in [2.45, 2.75) is 33.4 Å². The summed E-state index contributed by atoms with van der Waals surface area (Å²) in [6.45, 7) is 6.64. The van der Waals surface area contributed by atoms with Crippen LogP contribution in [0.3, 0.4) is 0 Å². The molecule has 0 fully saturated rings. The van der Waals surface area contributed by atoms with Crippen molar-refractivity contribution in [2.24, 2.45) is 0 Å². The Bertz CT molecular complexity index is 723. The Balaban J connectivity index is 1.70. The predicted molar refractivity (Wildman–Crippen MR) is 79.7 cm³/mol. The molecule has 5 nitrogen and oxygen atoms in total. The van der Waals surface area contributed by atoms with E-state index in [1.54, 1.807) is 0 Å². The third-order valence-corrected chi connectivity index (χ3v) is 3.49. The van der Waals surface area contributed by atoms with Crippen molar-refractivity contribution in [3.05, 3.63) is 53.3 Å². The standard InChI is InChI=1S/C16H19N3O2/c1-10-4-6-14(20-10)12(3)17-8-13-9-18-19-16(13)15-7-5-11(2)21-15/h4-7,9,12,17H,8H2,1-3H3,(H,18,19). The first-order valence-electron chi connectivity index (χ1n) is 7.02. The summed E-state index contributed by atoms with van der Waals surface area (Å²) in [5.74, 6) is 3.56. The van der Waals surface area contributed by atoms with Gasteiger partial charge in [0.05, 0.1) is 12.2 Å². The summed E-state index contributed by atoms with van der Waals surface area (Å²) >= 11 is 0. The van der Waals surface area contributed by atoms with Gasteiger partial charge in [0, 0.05) is 12.1 Å². The molecule has 21 heavy (non-hydrogen) atoms. The fraction of sp³-hybridized carbons (Fsp3) is 0.312. The highest BCUT2D eigenvalue weighted by atomic mass is 16.3. The summed E-state index contributed by atoms with van der Waals surface area (Å²) in [7, 11) is 0. The maximum absolute atomic E-state index is 5.65. The Kier molecular flexibility index (Phi) is 3.66. The molecule has 0 saturated heterocycles. The van der Waals surface area contributed by atoms with Crippen molar-refractivity contribution in [1.82, 2.24) is 15.5 Å². The number of nitrogens with one attached hydrogen (secondary N) is 2. The highest BCUT2D eigenvalue weighted by molar-refractivity contribution is 5.56. The van der Waals surface area contributed by atoms with Crippen molar-refractivity contribution in [3.8, 4) is 11.5 Å². The second-order valence-electron chi connectivity index (χ2n) is 5.23. The summed E-state index contributed by atoms with van der Waals surface area (Å²) in [5.41, 5.74) is 1.98. The van der Waals surface area contributed by atoms with Crippen molar-refractivity contribution in [2.75, 3.05) is 0 Å². The van der Waals surface area contributed by atoms with E-state index in [1.165, 1.54) is 0 Å². The topological polar surface area (TPSA) is 67.0 Å². The van der Waals surface area contributed by atoms with E-state index in [0.717, 1.165) is 34.3 Å². The summed E-state index contributed by atoms with van der Waals surface area (Å²) in [6.07, 6.45) is 1.82. The van der Waals surface area contributed by atoms with Gasteiger partial charge in [-0.25, -0.2) is 0 Å². The second kappa shape index (κ2) is 5.61. The number of aromatic amines is 1. The molecule has 0 amide bonds. The van der Waals surface area contributed by atoms with Gasteiger partial charge in [-0.05, 0) is 45.0 Å². The van der Waals surface area contributed by atoms with Crippen LogP contribution in [0.15, 0.2) is 39.3 Å². The highest BCUT2D eigenvalue weighted by Crippen LogP contribution is 2.24. The first-order chi connectivity index (χ1) is 10.1. The molecule has 0 saturated carbocycles. The van der Waals surface area contributed by atoms with E-state index in [9.17, 15) is 0 Å². The number of furan rings is 2. The lowest BCUT2D eigenvalue weighted by Crippen LogP contribution is -2.17. The van der Waals surface area contributed by atoms with E-state index in [0.29, 0.717) is 6.54 Å². The molecule has 0 aromatic carbocycles. The lowest BCUT2D eigenvalue weighted by Gasteiger charge is -2.11. The molecule has 5 heteroatoms. The molecule has 1 unspecified atom stereocenters. The van der Waals surface area contributed by atoms with Crippen molar-refractivity contribution in [3.63, 3.8) is 0 Å². The summed E-state index contributed by atoms with van der Waals surface area (Å²) in [6, 6.07) is 8.01. The number of H-pyrrole nitrogens is 1. The zero-order valence-electron chi connectivity index (χ0n) is 12.4. The van der Waals surface area contributed by atoms with Gasteiger partial charge in [0.15, 0.2) is 5.76 Å². The van der Waals surface area contributed by atoms with Gasteiger partial charge in [-0.1, -0.05) is 0 Å². The first-order valence-corrected chi connectivity index (χ1v) is 7.02. The van der Waals surface area contributed by atoms with Gasteiger partial charge < -0.3 is 14.2 Å². The Labute approximate surface area is 123 Å². The Morgan fingerprint density at radius 1 is 1.14 bits per heavy atom. The van der Waals surface area contributed by atoms with Crippen LogP contribution < -0.4 is 5.32 Å². The number of hydrogen-bond acceptors (Lipinski definition) is 4. The number of nitrogens with zero attached hydrogens (tertiary/aromatic N) is 1. The summed E-state index contributed by atoms with van der Waals surface area (Å²) in [4.78, 5) is 0. The van der Waals surface area contributed by atoms with Gasteiger partial charge >= 0.3 is 0 Å². The molecule has 3 aromatic rings. The fourth-order valence-corrected chi connectivity index (χ4v) is 2.28. The summed E-state index contributed by atoms with van der Waals surface area (Å²) in [5, 5.41) is 10.5. The average Bonchev–Trinajstić information content (AvgIpc) is 3.16. The van der Waals surface area contributed by atoms with E-state index < -0.39 is 0 Å². The van der Waals surface area contributed by atoms with Gasteiger partial charge in [0.1, 0.15) is 23.0 Å². The first kappa shape index (κ1) is 13.7. The van der Waals surface area contributed by atoms with Crippen LogP contribution >= 0.6 is 0 Å². The van der Waals surface area contributed by atoms with Crippen LogP contribution in [0, 0.1) is 13.8 Å². The largest absolute Gasteiger partial charge is 0.465 e. The van der Waals surface area contributed by atoms with Crippen molar-refractivity contribution >= 4 is 0 Å².